The molecular formula is C24H42O6Si. The molecule has 0 amide bonds. The summed E-state index contributed by atoms with van der Waals surface area (Å²) in [5.41, 5.74) is 0.921. The predicted molar refractivity (Wildman–Crippen MR) is 123 cm³/mol. The molecule has 0 saturated carbocycles. The zero-order valence-corrected chi connectivity index (χ0v) is 21.5. The second kappa shape index (κ2) is 10.7. The first-order valence-corrected chi connectivity index (χ1v) is 14.6. The van der Waals surface area contributed by atoms with Crippen molar-refractivity contribution in [1.29, 1.82) is 0 Å². The molecule has 1 aliphatic heterocycles. The fraction of sp³-hybridized carbons (Fsp3) is 0.833. The van der Waals surface area contributed by atoms with Crippen LogP contribution in [0.1, 0.15) is 79.6 Å². The Morgan fingerprint density at radius 1 is 1.19 bits per heavy atom. The third-order valence-electron chi connectivity index (χ3n) is 6.46. The van der Waals surface area contributed by atoms with E-state index in [1.54, 1.807) is 0 Å². The summed E-state index contributed by atoms with van der Waals surface area (Å²) in [6.45, 7) is 15.5. The van der Waals surface area contributed by atoms with Crippen LogP contribution in [0.15, 0.2) is 11.6 Å². The molecule has 1 fully saturated rings. The Balaban J connectivity index is 1.58. The van der Waals surface area contributed by atoms with E-state index >= 15 is 0 Å². The van der Waals surface area contributed by atoms with E-state index in [4.69, 9.17) is 18.6 Å². The van der Waals surface area contributed by atoms with E-state index in [-0.39, 0.29) is 35.6 Å². The van der Waals surface area contributed by atoms with Gasteiger partial charge in [0, 0.05) is 12.8 Å². The van der Waals surface area contributed by atoms with Crippen LogP contribution >= 0.6 is 0 Å². The Kier molecular flexibility index (Phi) is 9.08. The van der Waals surface area contributed by atoms with Crippen molar-refractivity contribution in [3.63, 3.8) is 0 Å². The van der Waals surface area contributed by atoms with Gasteiger partial charge in [0.05, 0.1) is 12.7 Å². The molecule has 0 aromatic rings. The summed E-state index contributed by atoms with van der Waals surface area (Å²) in [5, 5.41) is 0.141. The number of Topliss-reactive ketones (excluding diaryl/α,β-unsaturated/α-hetero) is 1. The molecule has 2 rings (SSSR count). The number of ketones is 1. The SMILES string of the molecule is CC1(C)OCC(COC(=O)CCCCCCC2=C[C@H](O[Si](C)(C)C(C)(C)C)CC2=O)O1. The van der Waals surface area contributed by atoms with Crippen molar-refractivity contribution >= 4 is 20.1 Å². The van der Waals surface area contributed by atoms with E-state index in [1.807, 2.05) is 13.8 Å². The largest absolute Gasteiger partial charge is 0.463 e. The molecule has 2 atom stereocenters. The molecule has 0 aromatic heterocycles. The maximum Gasteiger partial charge on any atom is 0.305 e. The Morgan fingerprint density at radius 2 is 1.87 bits per heavy atom. The Bertz CT molecular complexity index is 661. The van der Waals surface area contributed by atoms with Crippen LogP contribution in [-0.2, 0) is 28.2 Å². The van der Waals surface area contributed by atoms with Crippen LogP contribution < -0.4 is 0 Å². The van der Waals surface area contributed by atoms with Gasteiger partial charge in [0.25, 0.3) is 0 Å². The summed E-state index contributed by atoms with van der Waals surface area (Å²) >= 11 is 0. The minimum Gasteiger partial charge on any atom is -0.463 e. The third-order valence-corrected chi connectivity index (χ3v) is 11.0. The van der Waals surface area contributed by atoms with Gasteiger partial charge in [0.1, 0.15) is 12.7 Å². The number of allylic oxidation sites excluding steroid dienone is 1. The molecular weight excluding hydrogens is 412 g/mol. The van der Waals surface area contributed by atoms with E-state index in [9.17, 15) is 9.59 Å². The van der Waals surface area contributed by atoms with Gasteiger partial charge in [-0.05, 0) is 62.9 Å². The summed E-state index contributed by atoms with van der Waals surface area (Å²) in [7, 11) is -1.87. The zero-order valence-electron chi connectivity index (χ0n) is 20.5. The van der Waals surface area contributed by atoms with Crippen molar-refractivity contribution in [2.75, 3.05) is 13.2 Å². The maximum absolute atomic E-state index is 12.3. The fourth-order valence-electron chi connectivity index (χ4n) is 3.59. The van der Waals surface area contributed by atoms with E-state index in [0.29, 0.717) is 19.4 Å². The van der Waals surface area contributed by atoms with Crippen LogP contribution in [0, 0.1) is 0 Å². The van der Waals surface area contributed by atoms with Crippen molar-refractivity contribution in [2.24, 2.45) is 0 Å². The van der Waals surface area contributed by atoms with E-state index in [0.717, 1.165) is 37.7 Å². The van der Waals surface area contributed by atoms with Gasteiger partial charge in [-0.25, -0.2) is 0 Å². The molecule has 1 aliphatic carbocycles. The third kappa shape index (κ3) is 8.44. The highest BCUT2D eigenvalue weighted by atomic mass is 28.4. The number of esters is 1. The molecule has 1 heterocycles. The number of hydrogen-bond acceptors (Lipinski definition) is 6. The molecule has 6 nitrogen and oxygen atoms in total. The summed E-state index contributed by atoms with van der Waals surface area (Å²) < 4.78 is 22.8. The van der Waals surface area contributed by atoms with Gasteiger partial charge >= 0.3 is 5.97 Å². The zero-order chi connectivity index (χ0) is 23.3. The summed E-state index contributed by atoms with van der Waals surface area (Å²) in [4.78, 5) is 24.2. The second-order valence-corrected chi connectivity index (χ2v) is 15.5. The molecule has 0 N–H and O–H groups in total. The quantitative estimate of drug-likeness (QED) is 0.239. The normalized spacial score (nSPS) is 23.8. The lowest BCUT2D eigenvalue weighted by atomic mass is 10.0. The highest BCUT2D eigenvalue weighted by Crippen LogP contribution is 2.39. The maximum atomic E-state index is 12.3. The molecule has 1 saturated heterocycles. The highest BCUT2D eigenvalue weighted by Gasteiger charge is 2.40. The molecule has 178 valence electrons. The van der Waals surface area contributed by atoms with Gasteiger partial charge < -0.3 is 18.6 Å². The van der Waals surface area contributed by atoms with E-state index in [2.05, 4.69) is 39.9 Å². The van der Waals surface area contributed by atoms with Crippen molar-refractivity contribution in [3.05, 3.63) is 11.6 Å². The molecule has 0 aromatic carbocycles. The summed E-state index contributed by atoms with van der Waals surface area (Å²) in [6.07, 6.45) is 7.24. The topological polar surface area (TPSA) is 71.1 Å². The first-order valence-electron chi connectivity index (χ1n) is 11.7. The minimum absolute atomic E-state index is 0.0574. The molecule has 0 radical (unpaired) electrons. The summed E-state index contributed by atoms with van der Waals surface area (Å²) in [5.74, 6) is -0.550. The van der Waals surface area contributed by atoms with E-state index in [1.165, 1.54) is 0 Å². The standard InChI is InChI=1S/C24H42O6Si/c1-23(2,3)31(6,7)30-19-14-18(21(25)15-19)12-10-8-9-11-13-22(26)27-16-20-17-28-24(4,5)29-20/h14,19-20H,8-13,15-17H2,1-7H3/t19-,20?/m0/s1. The minimum atomic E-state index is -1.87. The number of carbonyl (C=O) groups is 2. The van der Waals surface area contributed by atoms with Gasteiger partial charge in [0.15, 0.2) is 19.9 Å². The Morgan fingerprint density at radius 3 is 2.48 bits per heavy atom. The number of rotatable bonds is 11. The van der Waals surface area contributed by atoms with Crippen molar-refractivity contribution in [3.8, 4) is 0 Å². The average molecular weight is 455 g/mol. The number of hydrogen-bond donors (Lipinski definition) is 0. The molecule has 0 bridgehead atoms. The smallest absolute Gasteiger partial charge is 0.305 e. The lowest BCUT2D eigenvalue weighted by Gasteiger charge is -2.37. The van der Waals surface area contributed by atoms with Gasteiger partial charge in [-0.15, -0.1) is 0 Å². The predicted octanol–water partition coefficient (Wildman–Crippen LogP) is 5.31. The molecule has 2 aliphatic rings. The fourth-order valence-corrected chi connectivity index (χ4v) is 4.85. The van der Waals surface area contributed by atoms with Gasteiger partial charge in [-0.1, -0.05) is 33.6 Å². The number of ether oxygens (including phenoxy) is 3. The number of unbranched alkanes of at least 4 members (excludes halogenated alkanes) is 3. The van der Waals surface area contributed by atoms with Gasteiger partial charge in [-0.2, -0.15) is 0 Å². The van der Waals surface area contributed by atoms with Gasteiger partial charge in [-0.3, -0.25) is 9.59 Å². The first-order chi connectivity index (χ1) is 14.3. The number of carbonyl (C=O) groups excluding carboxylic acids is 2. The summed E-state index contributed by atoms with van der Waals surface area (Å²) in [6, 6.07) is 0. The van der Waals surface area contributed by atoms with Crippen molar-refractivity contribution in [2.45, 2.75) is 116 Å². The van der Waals surface area contributed by atoms with Crippen LogP contribution in [-0.4, -0.2) is 51.3 Å². The van der Waals surface area contributed by atoms with E-state index < -0.39 is 14.1 Å². The van der Waals surface area contributed by atoms with Crippen molar-refractivity contribution < 1.29 is 28.2 Å². The first kappa shape index (κ1) is 26.2. The lowest BCUT2D eigenvalue weighted by Crippen LogP contribution is -2.43. The van der Waals surface area contributed by atoms with Gasteiger partial charge in [0.2, 0.25) is 0 Å². The second-order valence-electron chi connectivity index (χ2n) is 10.8. The Labute approximate surface area is 189 Å². The van der Waals surface area contributed by atoms with Crippen LogP contribution in [0.2, 0.25) is 18.1 Å². The van der Waals surface area contributed by atoms with Crippen LogP contribution in [0.5, 0.6) is 0 Å². The monoisotopic (exact) mass is 454 g/mol. The van der Waals surface area contributed by atoms with Crippen molar-refractivity contribution in [1.82, 2.24) is 0 Å². The van der Waals surface area contributed by atoms with Crippen LogP contribution in [0.3, 0.4) is 0 Å². The lowest BCUT2D eigenvalue weighted by molar-refractivity contribution is -0.158. The Hall–Kier alpha value is -1.02. The van der Waals surface area contributed by atoms with Crippen LogP contribution in [0.25, 0.3) is 0 Å². The molecule has 1 unspecified atom stereocenters. The molecule has 31 heavy (non-hydrogen) atoms. The molecule has 0 spiro atoms. The van der Waals surface area contributed by atoms with Crippen LogP contribution in [0.4, 0.5) is 0 Å². The average Bonchev–Trinajstić information content (AvgIpc) is 3.16. The molecule has 7 heteroatoms. The highest BCUT2D eigenvalue weighted by molar-refractivity contribution is 6.74.